The highest BCUT2D eigenvalue weighted by atomic mass is 35.5. The van der Waals surface area contributed by atoms with Crippen molar-refractivity contribution in [2.45, 2.75) is 37.5 Å². The van der Waals surface area contributed by atoms with Crippen molar-refractivity contribution in [2.24, 2.45) is 5.16 Å². The van der Waals surface area contributed by atoms with Crippen LogP contribution in [0.15, 0.2) is 17.3 Å². The van der Waals surface area contributed by atoms with E-state index in [2.05, 4.69) is 15.4 Å². The lowest BCUT2D eigenvalue weighted by Gasteiger charge is -2.28. The molecular formula is C16H20ClN3O4S2. The third-order valence-electron chi connectivity index (χ3n) is 5.08. The highest BCUT2D eigenvalue weighted by Crippen LogP contribution is 2.27. The van der Waals surface area contributed by atoms with Gasteiger partial charge in [-0.05, 0) is 38.1 Å². The fraction of sp³-hybridized carbons (Fsp3) is 0.625. The van der Waals surface area contributed by atoms with Gasteiger partial charge in [-0.25, -0.2) is 8.42 Å². The molecular weight excluding hydrogens is 398 g/mol. The summed E-state index contributed by atoms with van der Waals surface area (Å²) in [4.78, 5) is 21.0. The highest BCUT2D eigenvalue weighted by molar-refractivity contribution is 7.91. The van der Waals surface area contributed by atoms with E-state index in [-0.39, 0.29) is 23.5 Å². The van der Waals surface area contributed by atoms with Crippen molar-refractivity contribution in [3.63, 3.8) is 0 Å². The molecule has 4 rings (SSSR count). The van der Waals surface area contributed by atoms with Crippen molar-refractivity contribution in [1.29, 1.82) is 0 Å². The zero-order valence-corrected chi connectivity index (χ0v) is 16.4. The Labute approximate surface area is 161 Å². The number of likely N-dealkylation sites (tertiary alicyclic amines) is 1. The van der Waals surface area contributed by atoms with Crippen LogP contribution in [-0.2, 0) is 19.5 Å². The fourth-order valence-electron chi connectivity index (χ4n) is 3.81. The molecule has 3 aliphatic heterocycles. The van der Waals surface area contributed by atoms with Crippen molar-refractivity contribution in [1.82, 2.24) is 10.2 Å². The van der Waals surface area contributed by atoms with E-state index >= 15 is 0 Å². The standard InChI is InChI=1S/C16H20ClN3O4S2/c17-15-4-3-14(25-15)10-7-13(24-19-10)16(21)18-11-8-26(22,23)9-12(11)20-5-1-2-6-20/h3-4,11-13H,1-2,5-9H2,(H,18,21). The fourth-order valence-corrected chi connectivity index (χ4v) is 6.79. The first-order valence-electron chi connectivity index (χ1n) is 8.64. The van der Waals surface area contributed by atoms with Gasteiger partial charge in [-0.1, -0.05) is 16.8 Å². The van der Waals surface area contributed by atoms with Gasteiger partial charge in [0.2, 0.25) is 6.10 Å². The number of halogens is 1. The molecule has 0 aromatic carbocycles. The second kappa shape index (κ2) is 7.10. The molecule has 7 nitrogen and oxygen atoms in total. The quantitative estimate of drug-likeness (QED) is 0.797. The molecule has 1 N–H and O–H groups in total. The van der Waals surface area contributed by atoms with E-state index < -0.39 is 22.0 Å². The first-order valence-corrected chi connectivity index (χ1v) is 11.7. The molecule has 0 spiro atoms. The SMILES string of the molecule is O=C(NC1CS(=O)(=O)CC1N1CCCC1)C1CC(c2ccc(Cl)s2)=NO1. The topological polar surface area (TPSA) is 88.1 Å². The van der Waals surface area contributed by atoms with Crippen LogP contribution in [0.2, 0.25) is 4.34 Å². The number of hydrogen-bond acceptors (Lipinski definition) is 7. The summed E-state index contributed by atoms with van der Waals surface area (Å²) in [6.45, 7) is 1.78. The number of thiophene rings is 1. The van der Waals surface area contributed by atoms with Gasteiger partial charge in [0.25, 0.3) is 5.91 Å². The number of nitrogens with one attached hydrogen (secondary N) is 1. The molecule has 3 atom stereocenters. The summed E-state index contributed by atoms with van der Waals surface area (Å²) in [6.07, 6.45) is 1.78. The molecule has 1 aromatic rings. The Kier molecular flexibility index (Phi) is 4.98. The van der Waals surface area contributed by atoms with Crippen LogP contribution in [0.1, 0.15) is 24.1 Å². The Morgan fingerprint density at radius 1 is 1.31 bits per heavy atom. The Bertz CT molecular complexity index is 832. The normalized spacial score (nSPS) is 31.0. The molecule has 1 amide bonds. The summed E-state index contributed by atoms with van der Waals surface area (Å²) in [6, 6.07) is 3.09. The number of carbonyl (C=O) groups excluding carboxylic acids is 1. The first-order chi connectivity index (χ1) is 12.4. The Hall–Kier alpha value is -1.16. The van der Waals surface area contributed by atoms with Crippen LogP contribution in [0.4, 0.5) is 0 Å². The van der Waals surface area contributed by atoms with Gasteiger partial charge in [-0.15, -0.1) is 11.3 Å². The zero-order valence-electron chi connectivity index (χ0n) is 14.1. The maximum Gasteiger partial charge on any atom is 0.264 e. The maximum absolute atomic E-state index is 12.6. The van der Waals surface area contributed by atoms with Crippen molar-refractivity contribution in [3.8, 4) is 0 Å². The minimum Gasteiger partial charge on any atom is -0.382 e. The molecule has 142 valence electrons. The van der Waals surface area contributed by atoms with Crippen LogP contribution in [0.25, 0.3) is 0 Å². The van der Waals surface area contributed by atoms with Crippen LogP contribution in [0, 0.1) is 0 Å². The number of amides is 1. The zero-order chi connectivity index (χ0) is 18.3. The van der Waals surface area contributed by atoms with Crippen LogP contribution in [0.3, 0.4) is 0 Å². The second-order valence-corrected chi connectivity index (χ2v) is 10.8. The molecule has 3 aliphatic rings. The predicted octanol–water partition coefficient (Wildman–Crippen LogP) is 1.27. The molecule has 0 bridgehead atoms. The van der Waals surface area contributed by atoms with Gasteiger partial charge in [0, 0.05) is 12.5 Å². The van der Waals surface area contributed by atoms with Crippen molar-refractivity contribution < 1.29 is 18.0 Å². The van der Waals surface area contributed by atoms with Gasteiger partial charge >= 0.3 is 0 Å². The molecule has 0 saturated carbocycles. The van der Waals surface area contributed by atoms with Crippen LogP contribution < -0.4 is 5.32 Å². The van der Waals surface area contributed by atoms with Crippen LogP contribution >= 0.6 is 22.9 Å². The van der Waals surface area contributed by atoms with E-state index in [9.17, 15) is 13.2 Å². The average Bonchev–Trinajstić information content (AvgIpc) is 3.32. The van der Waals surface area contributed by atoms with Crippen LogP contribution in [-0.4, -0.2) is 67.7 Å². The molecule has 3 unspecified atom stereocenters. The van der Waals surface area contributed by atoms with Gasteiger partial charge < -0.3 is 10.2 Å². The number of nitrogens with zero attached hydrogens (tertiary/aromatic N) is 2. The Balaban J connectivity index is 1.39. The molecule has 4 heterocycles. The summed E-state index contributed by atoms with van der Waals surface area (Å²) >= 11 is 7.32. The third-order valence-corrected chi connectivity index (χ3v) is 8.08. The summed E-state index contributed by atoms with van der Waals surface area (Å²) < 4.78 is 24.9. The lowest BCUT2D eigenvalue weighted by atomic mass is 10.1. The summed E-state index contributed by atoms with van der Waals surface area (Å²) in [5.74, 6) is -0.211. The van der Waals surface area contributed by atoms with E-state index in [1.807, 2.05) is 6.07 Å². The second-order valence-electron chi connectivity index (χ2n) is 6.94. The molecule has 0 aliphatic carbocycles. The van der Waals surface area contributed by atoms with Crippen molar-refractivity contribution in [3.05, 3.63) is 21.3 Å². The van der Waals surface area contributed by atoms with E-state index in [1.165, 1.54) is 11.3 Å². The van der Waals surface area contributed by atoms with Crippen molar-refractivity contribution in [2.75, 3.05) is 24.6 Å². The summed E-state index contributed by atoms with van der Waals surface area (Å²) in [5.41, 5.74) is 0.692. The van der Waals surface area contributed by atoms with Gasteiger partial charge in [-0.3, -0.25) is 9.69 Å². The Morgan fingerprint density at radius 2 is 2.08 bits per heavy atom. The van der Waals surface area contributed by atoms with E-state index in [0.29, 0.717) is 16.5 Å². The minimum absolute atomic E-state index is 0.0130. The number of carbonyl (C=O) groups is 1. The summed E-state index contributed by atoms with van der Waals surface area (Å²) in [5, 5.41) is 6.90. The molecule has 10 heteroatoms. The number of hydrogen-bond donors (Lipinski definition) is 1. The number of rotatable bonds is 4. The van der Waals surface area contributed by atoms with E-state index in [1.54, 1.807) is 6.07 Å². The molecule has 1 aromatic heterocycles. The van der Waals surface area contributed by atoms with Gasteiger partial charge in [0.05, 0.1) is 26.8 Å². The lowest BCUT2D eigenvalue weighted by molar-refractivity contribution is -0.132. The molecule has 0 radical (unpaired) electrons. The number of sulfone groups is 1. The van der Waals surface area contributed by atoms with Crippen LogP contribution in [0.5, 0.6) is 0 Å². The Morgan fingerprint density at radius 3 is 2.77 bits per heavy atom. The van der Waals surface area contributed by atoms with Gasteiger partial charge in [-0.2, -0.15) is 0 Å². The molecule has 2 fully saturated rings. The van der Waals surface area contributed by atoms with Gasteiger partial charge in [0.15, 0.2) is 9.84 Å². The summed E-state index contributed by atoms with van der Waals surface area (Å²) in [7, 11) is -3.14. The van der Waals surface area contributed by atoms with Gasteiger partial charge in [0.1, 0.15) is 5.71 Å². The third kappa shape index (κ3) is 3.76. The van der Waals surface area contributed by atoms with Crippen molar-refractivity contribution >= 4 is 44.4 Å². The smallest absolute Gasteiger partial charge is 0.264 e. The highest BCUT2D eigenvalue weighted by Gasteiger charge is 2.43. The van der Waals surface area contributed by atoms with E-state index in [0.717, 1.165) is 30.8 Å². The molecule has 2 saturated heterocycles. The molecule has 26 heavy (non-hydrogen) atoms. The monoisotopic (exact) mass is 417 g/mol. The first kappa shape index (κ1) is 18.2. The average molecular weight is 418 g/mol. The maximum atomic E-state index is 12.6. The predicted molar refractivity (Wildman–Crippen MR) is 101 cm³/mol. The van der Waals surface area contributed by atoms with E-state index in [4.69, 9.17) is 16.4 Å². The largest absolute Gasteiger partial charge is 0.382 e. The minimum atomic E-state index is -3.14. The lowest BCUT2D eigenvalue weighted by Crippen LogP contribution is -2.52. The number of oxime groups is 1.